The summed E-state index contributed by atoms with van der Waals surface area (Å²) in [5, 5.41) is 6.85. The number of nitrogens with one attached hydrogen (secondary N) is 2. The van der Waals surface area contributed by atoms with E-state index in [9.17, 15) is 0 Å². The van der Waals surface area contributed by atoms with E-state index in [4.69, 9.17) is 4.74 Å². The summed E-state index contributed by atoms with van der Waals surface area (Å²) in [5.74, 6) is 1.91. The summed E-state index contributed by atoms with van der Waals surface area (Å²) in [6.45, 7) is 11.9. The fraction of sp³-hybridized carbons (Fsp3) is 0.700. The molecule has 3 heterocycles. The Bertz CT molecular complexity index is 603. The van der Waals surface area contributed by atoms with E-state index in [1.54, 1.807) is 0 Å². The molecule has 0 aromatic carbocycles. The number of hydrogen-bond acceptors (Lipinski definition) is 5. The van der Waals surface area contributed by atoms with Crippen molar-refractivity contribution in [3.05, 3.63) is 23.9 Å². The molecule has 0 aliphatic carbocycles. The van der Waals surface area contributed by atoms with Crippen molar-refractivity contribution < 1.29 is 4.74 Å². The Morgan fingerprint density at radius 3 is 2.52 bits per heavy atom. The van der Waals surface area contributed by atoms with Gasteiger partial charge >= 0.3 is 0 Å². The summed E-state index contributed by atoms with van der Waals surface area (Å²) in [6.07, 6.45) is 4.51. The van der Waals surface area contributed by atoms with Crippen LogP contribution in [0.2, 0.25) is 0 Å². The van der Waals surface area contributed by atoms with E-state index in [2.05, 4.69) is 56.4 Å². The lowest BCUT2D eigenvalue weighted by molar-refractivity contribution is -0.00834. The van der Waals surface area contributed by atoms with Gasteiger partial charge in [0.1, 0.15) is 5.82 Å². The molecule has 7 nitrogen and oxygen atoms in total. The van der Waals surface area contributed by atoms with Gasteiger partial charge in [-0.1, -0.05) is 6.07 Å². The van der Waals surface area contributed by atoms with Crippen LogP contribution in [-0.2, 0) is 11.3 Å². The summed E-state index contributed by atoms with van der Waals surface area (Å²) in [5.41, 5.74) is 1.22. The van der Waals surface area contributed by atoms with Crippen molar-refractivity contribution in [2.75, 3.05) is 57.9 Å². The normalized spacial score (nSPS) is 19.4. The van der Waals surface area contributed by atoms with Crippen LogP contribution in [0, 0.1) is 0 Å². The fourth-order valence-electron chi connectivity index (χ4n) is 3.64. The molecule has 0 spiro atoms. The maximum atomic E-state index is 5.46. The largest absolute Gasteiger partial charge is 0.379 e. The molecule has 7 heteroatoms. The summed E-state index contributed by atoms with van der Waals surface area (Å²) in [7, 11) is 1.81. The maximum absolute atomic E-state index is 5.46. The van der Waals surface area contributed by atoms with E-state index in [-0.39, 0.29) is 5.54 Å². The van der Waals surface area contributed by atoms with Crippen LogP contribution in [0.25, 0.3) is 0 Å². The molecule has 150 valence electrons. The highest BCUT2D eigenvalue weighted by atomic mass is 16.5. The third kappa shape index (κ3) is 5.56. The third-order valence-corrected chi connectivity index (χ3v) is 5.48. The van der Waals surface area contributed by atoms with Crippen molar-refractivity contribution >= 4 is 11.8 Å². The summed E-state index contributed by atoms with van der Waals surface area (Å²) < 4.78 is 5.46. The van der Waals surface area contributed by atoms with Crippen molar-refractivity contribution in [1.82, 2.24) is 20.5 Å². The predicted octanol–water partition coefficient (Wildman–Crippen LogP) is 1.46. The standard InChI is InChI=1S/C20H34N6O/c1-20(2,26-10-12-27-13-11-26)16-24-19(21-3)23-15-17-6-7-18(22-14-17)25-8-4-5-9-25/h6-7,14H,4-5,8-13,15-16H2,1-3H3,(H2,21,23,24). The van der Waals surface area contributed by atoms with Gasteiger partial charge in [-0.2, -0.15) is 0 Å². The summed E-state index contributed by atoms with van der Waals surface area (Å²) >= 11 is 0. The lowest BCUT2D eigenvalue weighted by Gasteiger charge is -2.41. The van der Waals surface area contributed by atoms with Crippen LogP contribution in [0.1, 0.15) is 32.3 Å². The average Bonchev–Trinajstić information content (AvgIpc) is 3.24. The number of guanidine groups is 1. The van der Waals surface area contributed by atoms with E-state index in [1.807, 2.05) is 13.2 Å². The topological polar surface area (TPSA) is 65.0 Å². The van der Waals surface area contributed by atoms with Crippen molar-refractivity contribution in [1.29, 1.82) is 0 Å². The average molecular weight is 375 g/mol. The molecule has 2 aliphatic rings. The molecule has 3 rings (SSSR count). The highest BCUT2D eigenvalue weighted by Gasteiger charge is 2.28. The van der Waals surface area contributed by atoms with Gasteiger partial charge in [0, 0.05) is 58.1 Å². The number of aliphatic imine (C=N–C) groups is 1. The van der Waals surface area contributed by atoms with Crippen LogP contribution < -0.4 is 15.5 Å². The molecular formula is C20H34N6O. The number of ether oxygens (including phenoxy) is 1. The van der Waals surface area contributed by atoms with Gasteiger partial charge in [-0.05, 0) is 38.3 Å². The highest BCUT2D eigenvalue weighted by molar-refractivity contribution is 5.79. The second-order valence-corrected chi connectivity index (χ2v) is 7.91. The third-order valence-electron chi connectivity index (χ3n) is 5.48. The van der Waals surface area contributed by atoms with Gasteiger partial charge in [0.15, 0.2) is 5.96 Å². The Balaban J connectivity index is 1.45. The molecule has 0 unspecified atom stereocenters. The van der Waals surface area contributed by atoms with Gasteiger partial charge in [-0.25, -0.2) is 4.98 Å². The second-order valence-electron chi connectivity index (χ2n) is 7.91. The number of aromatic nitrogens is 1. The van der Waals surface area contributed by atoms with Gasteiger partial charge in [-0.3, -0.25) is 9.89 Å². The Morgan fingerprint density at radius 1 is 1.15 bits per heavy atom. The zero-order valence-electron chi connectivity index (χ0n) is 17.0. The second kappa shape index (κ2) is 9.37. The molecule has 27 heavy (non-hydrogen) atoms. The van der Waals surface area contributed by atoms with E-state index in [1.165, 1.54) is 12.8 Å². The molecule has 2 saturated heterocycles. The molecule has 2 fully saturated rings. The molecule has 0 amide bonds. The van der Waals surface area contributed by atoms with Crippen molar-refractivity contribution in [3.8, 4) is 0 Å². The molecular weight excluding hydrogens is 340 g/mol. The molecule has 1 aromatic rings. The zero-order chi connectivity index (χ0) is 19.1. The first-order chi connectivity index (χ1) is 13.1. The van der Waals surface area contributed by atoms with Crippen molar-refractivity contribution in [2.45, 2.75) is 38.8 Å². The van der Waals surface area contributed by atoms with Crippen LogP contribution in [0.5, 0.6) is 0 Å². The number of rotatable bonds is 6. The van der Waals surface area contributed by atoms with Crippen LogP contribution in [0.3, 0.4) is 0 Å². The van der Waals surface area contributed by atoms with Crippen molar-refractivity contribution in [2.24, 2.45) is 4.99 Å². The molecule has 0 atom stereocenters. The number of hydrogen-bond donors (Lipinski definition) is 2. The Hall–Kier alpha value is -1.86. The van der Waals surface area contributed by atoms with Crippen LogP contribution in [0.4, 0.5) is 5.82 Å². The van der Waals surface area contributed by atoms with E-state index < -0.39 is 0 Å². The number of nitrogens with zero attached hydrogens (tertiary/aromatic N) is 4. The van der Waals surface area contributed by atoms with Gasteiger partial charge in [0.2, 0.25) is 0 Å². The molecule has 2 N–H and O–H groups in total. The number of morpholine rings is 1. The van der Waals surface area contributed by atoms with E-state index >= 15 is 0 Å². The molecule has 2 aliphatic heterocycles. The lowest BCUT2D eigenvalue weighted by Crippen LogP contribution is -2.56. The molecule has 0 saturated carbocycles. The SMILES string of the molecule is CN=C(NCc1ccc(N2CCCC2)nc1)NCC(C)(C)N1CCOCC1. The minimum absolute atomic E-state index is 0.0559. The van der Waals surface area contributed by atoms with E-state index in [0.29, 0.717) is 6.54 Å². The quantitative estimate of drug-likeness (QED) is 0.581. The lowest BCUT2D eigenvalue weighted by atomic mass is 10.0. The summed E-state index contributed by atoms with van der Waals surface area (Å²) in [4.78, 5) is 13.8. The minimum atomic E-state index is 0.0559. The summed E-state index contributed by atoms with van der Waals surface area (Å²) in [6, 6.07) is 4.28. The van der Waals surface area contributed by atoms with Crippen LogP contribution >= 0.6 is 0 Å². The molecule has 1 aromatic heterocycles. The number of pyridine rings is 1. The zero-order valence-corrected chi connectivity index (χ0v) is 17.0. The minimum Gasteiger partial charge on any atom is -0.379 e. The smallest absolute Gasteiger partial charge is 0.191 e. The first kappa shape index (κ1) is 19.9. The molecule has 0 radical (unpaired) electrons. The van der Waals surface area contributed by atoms with Gasteiger partial charge in [0.05, 0.1) is 13.2 Å². The van der Waals surface area contributed by atoms with Crippen LogP contribution in [0.15, 0.2) is 23.3 Å². The Kier molecular flexibility index (Phi) is 6.90. The first-order valence-electron chi connectivity index (χ1n) is 10.1. The fourth-order valence-corrected chi connectivity index (χ4v) is 3.64. The van der Waals surface area contributed by atoms with Crippen LogP contribution in [-0.4, -0.2) is 74.4 Å². The van der Waals surface area contributed by atoms with Gasteiger partial charge < -0.3 is 20.3 Å². The predicted molar refractivity (Wildman–Crippen MR) is 110 cm³/mol. The van der Waals surface area contributed by atoms with E-state index in [0.717, 1.165) is 63.3 Å². The monoisotopic (exact) mass is 374 g/mol. The number of anilines is 1. The Morgan fingerprint density at radius 2 is 1.89 bits per heavy atom. The Labute approximate surface area is 163 Å². The molecule has 0 bridgehead atoms. The highest BCUT2D eigenvalue weighted by Crippen LogP contribution is 2.17. The van der Waals surface area contributed by atoms with Gasteiger partial charge in [0.25, 0.3) is 0 Å². The van der Waals surface area contributed by atoms with Crippen molar-refractivity contribution in [3.63, 3.8) is 0 Å². The first-order valence-corrected chi connectivity index (χ1v) is 10.1. The maximum Gasteiger partial charge on any atom is 0.191 e. The van der Waals surface area contributed by atoms with Gasteiger partial charge in [-0.15, -0.1) is 0 Å².